The SMILES string of the molecule is CN(CC(=O)Nc1ccccc1C(=O)c1ccccc1)Cc1ccc2c(c1)OCCO2. The molecular weight excluding hydrogens is 392 g/mol. The van der Waals surface area contributed by atoms with E-state index in [1.807, 2.05) is 48.3 Å². The van der Waals surface area contributed by atoms with E-state index in [1.165, 1.54) is 0 Å². The zero-order valence-corrected chi connectivity index (χ0v) is 17.3. The van der Waals surface area contributed by atoms with Crippen LogP contribution in [-0.2, 0) is 11.3 Å². The Balaban J connectivity index is 1.39. The highest BCUT2D eigenvalue weighted by Crippen LogP contribution is 2.31. The fraction of sp³-hybridized carbons (Fsp3) is 0.200. The summed E-state index contributed by atoms with van der Waals surface area (Å²) in [5, 5.41) is 2.88. The fourth-order valence-corrected chi connectivity index (χ4v) is 3.52. The highest BCUT2D eigenvalue weighted by Gasteiger charge is 2.16. The first-order chi connectivity index (χ1) is 15.1. The van der Waals surface area contributed by atoms with Crippen LogP contribution in [0.4, 0.5) is 5.69 Å². The molecule has 1 heterocycles. The van der Waals surface area contributed by atoms with Gasteiger partial charge in [-0.3, -0.25) is 14.5 Å². The van der Waals surface area contributed by atoms with Gasteiger partial charge in [-0.1, -0.05) is 48.5 Å². The number of para-hydroxylation sites is 1. The quantitative estimate of drug-likeness (QED) is 0.594. The minimum Gasteiger partial charge on any atom is -0.486 e. The number of anilines is 1. The topological polar surface area (TPSA) is 67.9 Å². The smallest absolute Gasteiger partial charge is 0.238 e. The number of rotatable bonds is 7. The third-order valence-corrected chi connectivity index (χ3v) is 4.95. The molecule has 4 rings (SSSR count). The minimum atomic E-state index is -0.187. The minimum absolute atomic E-state index is 0.124. The number of ketones is 1. The lowest BCUT2D eigenvalue weighted by Crippen LogP contribution is -2.30. The van der Waals surface area contributed by atoms with Gasteiger partial charge in [0, 0.05) is 17.7 Å². The average molecular weight is 416 g/mol. The van der Waals surface area contributed by atoms with Crippen molar-refractivity contribution >= 4 is 17.4 Å². The first-order valence-corrected chi connectivity index (χ1v) is 10.2. The number of nitrogens with one attached hydrogen (secondary N) is 1. The monoisotopic (exact) mass is 416 g/mol. The largest absolute Gasteiger partial charge is 0.486 e. The molecule has 0 atom stereocenters. The van der Waals surface area contributed by atoms with E-state index in [0.717, 1.165) is 17.1 Å². The number of likely N-dealkylation sites (N-methyl/N-ethyl adjacent to an activating group) is 1. The molecule has 1 aliphatic heterocycles. The van der Waals surface area contributed by atoms with Crippen molar-refractivity contribution in [2.45, 2.75) is 6.54 Å². The Hall–Kier alpha value is -3.64. The number of carbonyl (C=O) groups excluding carboxylic acids is 2. The van der Waals surface area contributed by atoms with E-state index in [0.29, 0.717) is 36.6 Å². The summed E-state index contributed by atoms with van der Waals surface area (Å²) < 4.78 is 11.2. The van der Waals surface area contributed by atoms with Gasteiger partial charge in [0.25, 0.3) is 0 Å². The molecule has 158 valence electrons. The predicted octanol–water partition coefficient (Wildman–Crippen LogP) is 3.76. The first-order valence-electron chi connectivity index (χ1n) is 10.2. The standard InChI is InChI=1S/C25H24N2O4/c1-27(16-18-11-12-22-23(15-18)31-14-13-30-22)17-24(28)26-21-10-6-5-9-20(21)25(29)19-7-3-2-4-8-19/h2-12,15H,13-14,16-17H2,1H3,(H,26,28). The Morgan fingerprint density at radius 3 is 2.42 bits per heavy atom. The second-order valence-electron chi connectivity index (χ2n) is 7.44. The number of carbonyl (C=O) groups is 2. The first kappa shape index (κ1) is 20.6. The van der Waals surface area contributed by atoms with Gasteiger partial charge in [-0.2, -0.15) is 0 Å². The van der Waals surface area contributed by atoms with Gasteiger partial charge in [0.15, 0.2) is 17.3 Å². The average Bonchev–Trinajstić information content (AvgIpc) is 2.79. The highest BCUT2D eigenvalue weighted by molar-refractivity contribution is 6.13. The molecule has 3 aromatic carbocycles. The van der Waals surface area contributed by atoms with Crippen molar-refractivity contribution in [2.24, 2.45) is 0 Å². The van der Waals surface area contributed by atoms with Crippen LogP contribution in [0.1, 0.15) is 21.5 Å². The van der Waals surface area contributed by atoms with E-state index in [9.17, 15) is 9.59 Å². The summed E-state index contributed by atoms with van der Waals surface area (Å²) in [4.78, 5) is 27.4. The number of amides is 1. The molecule has 0 radical (unpaired) electrons. The zero-order valence-electron chi connectivity index (χ0n) is 17.3. The molecule has 1 aliphatic rings. The number of ether oxygens (including phenoxy) is 2. The van der Waals surface area contributed by atoms with Crippen LogP contribution in [-0.4, -0.2) is 43.4 Å². The van der Waals surface area contributed by atoms with Crippen LogP contribution in [0.2, 0.25) is 0 Å². The molecule has 6 heteroatoms. The van der Waals surface area contributed by atoms with Crippen LogP contribution in [0.25, 0.3) is 0 Å². The summed E-state index contributed by atoms with van der Waals surface area (Å²) in [6, 6.07) is 21.9. The number of hydrogen-bond acceptors (Lipinski definition) is 5. The molecular formula is C25H24N2O4. The van der Waals surface area contributed by atoms with Crippen LogP contribution in [0.3, 0.4) is 0 Å². The molecule has 0 unspecified atom stereocenters. The normalized spacial score (nSPS) is 12.5. The molecule has 6 nitrogen and oxygen atoms in total. The fourth-order valence-electron chi connectivity index (χ4n) is 3.52. The van der Waals surface area contributed by atoms with E-state index in [1.54, 1.807) is 36.4 Å². The lowest BCUT2D eigenvalue weighted by molar-refractivity contribution is -0.117. The Morgan fingerprint density at radius 1 is 0.903 bits per heavy atom. The maximum absolute atomic E-state index is 12.8. The lowest BCUT2D eigenvalue weighted by atomic mass is 10.0. The van der Waals surface area contributed by atoms with Crippen molar-refractivity contribution in [3.8, 4) is 11.5 Å². The lowest BCUT2D eigenvalue weighted by Gasteiger charge is -2.21. The van der Waals surface area contributed by atoms with Crippen molar-refractivity contribution in [3.63, 3.8) is 0 Å². The van der Waals surface area contributed by atoms with E-state index in [-0.39, 0.29) is 18.2 Å². The molecule has 1 amide bonds. The molecule has 31 heavy (non-hydrogen) atoms. The third-order valence-electron chi connectivity index (χ3n) is 4.95. The van der Waals surface area contributed by atoms with Crippen molar-refractivity contribution in [1.29, 1.82) is 0 Å². The van der Waals surface area contributed by atoms with Crippen LogP contribution >= 0.6 is 0 Å². The molecule has 0 aromatic heterocycles. The number of fused-ring (bicyclic) bond motifs is 1. The number of benzene rings is 3. The zero-order chi connectivity index (χ0) is 21.6. The summed E-state index contributed by atoms with van der Waals surface area (Å²) in [6.45, 7) is 1.85. The van der Waals surface area contributed by atoms with Crippen molar-refractivity contribution < 1.29 is 19.1 Å². The van der Waals surface area contributed by atoms with Crippen molar-refractivity contribution in [1.82, 2.24) is 4.90 Å². The molecule has 0 saturated heterocycles. The molecule has 0 saturated carbocycles. The summed E-state index contributed by atoms with van der Waals surface area (Å²) >= 11 is 0. The van der Waals surface area contributed by atoms with Crippen LogP contribution in [0.15, 0.2) is 72.8 Å². The Morgan fingerprint density at radius 2 is 1.61 bits per heavy atom. The van der Waals surface area contributed by atoms with E-state index in [2.05, 4.69) is 5.32 Å². The molecule has 1 N–H and O–H groups in total. The van der Waals surface area contributed by atoms with E-state index < -0.39 is 0 Å². The second-order valence-corrected chi connectivity index (χ2v) is 7.44. The molecule has 0 spiro atoms. The summed E-state index contributed by atoms with van der Waals surface area (Å²) in [5.41, 5.74) is 2.59. The van der Waals surface area contributed by atoms with Gasteiger partial charge in [0.2, 0.25) is 5.91 Å². The molecule has 3 aromatic rings. The number of hydrogen-bond donors (Lipinski definition) is 1. The van der Waals surface area contributed by atoms with Gasteiger partial charge >= 0.3 is 0 Å². The Kier molecular flexibility index (Phi) is 6.29. The van der Waals surface area contributed by atoms with Gasteiger partial charge in [-0.15, -0.1) is 0 Å². The number of nitrogens with zero attached hydrogens (tertiary/aromatic N) is 1. The maximum Gasteiger partial charge on any atom is 0.238 e. The Bertz CT molecular complexity index is 1080. The Labute approximate surface area is 181 Å². The van der Waals surface area contributed by atoms with E-state index in [4.69, 9.17) is 9.47 Å². The summed E-state index contributed by atoms with van der Waals surface area (Å²) in [6.07, 6.45) is 0. The highest BCUT2D eigenvalue weighted by atomic mass is 16.6. The van der Waals surface area contributed by atoms with Crippen LogP contribution in [0.5, 0.6) is 11.5 Å². The third kappa shape index (κ3) is 5.10. The molecule has 0 bridgehead atoms. The molecule has 0 aliphatic carbocycles. The van der Waals surface area contributed by atoms with Crippen LogP contribution in [0, 0.1) is 0 Å². The van der Waals surface area contributed by atoms with Gasteiger partial charge in [0.05, 0.1) is 12.2 Å². The van der Waals surface area contributed by atoms with E-state index >= 15 is 0 Å². The molecule has 0 fully saturated rings. The van der Waals surface area contributed by atoms with Gasteiger partial charge in [-0.25, -0.2) is 0 Å². The van der Waals surface area contributed by atoms with Crippen molar-refractivity contribution in [3.05, 3.63) is 89.5 Å². The van der Waals surface area contributed by atoms with Gasteiger partial charge in [-0.05, 0) is 36.9 Å². The van der Waals surface area contributed by atoms with Crippen LogP contribution < -0.4 is 14.8 Å². The summed E-state index contributed by atoms with van der Waals surface area (Å²) in [7, 11) is 1.87. The van der Waals surface area contributed by atoms with Crippen molar-refractivity contribution in [2.75, 3.05) is 32.1 Å². The second kappa shape index (κ2) is 9.45. The van der Waals surface area contributed by atoms with Gasteiger partial charge < -0.3 is 14.8 Å². The summed E-state index contributed by atoms with van der Waals surface area (Å²) in [5.74, 6) is 1.17. The maximum atomic E-state index is 12.8. The van der Waals surface area contributed by atoms with Gasteiger partial charge in [0.1, 0.15) is 13.2 Å². The predicted molar refractivity (Wildman–Crippen MR) is 119 cm³/mol.